The lowest BCUT2D eigenvalue weighted by Crippen LogP contribution is -2.39. The van der Waals surface area contributed by atoms with E-state index in [1.807, 2.05) is 13.8 Å². The zero-order valence-electron chi connectivity index (χ0n) is 12.0. The van der Waals surface area contributed by atoms with E-state index in [2.05, 4.69) is 22.1 Å². The van der Waals surface area contributed by atoms with E-state index >= 15 is 0 Å². The van der Waals surface area contributed by atoms with Crippen molar-refractivity contribution in [3.8, 4) is 0 Å². The molecule has 2 rings (SSSR count). The molecule has 0 atom stereocenters. The Balaban J connectivity index is 1.74. The highest BCUT2D eigenvalue weighted by Gasteiger charge is 2.16. The number of likely N-dealkylation sites (tertiary alicyclic amines) is 1. The number of carbonyl (C=O) groups excluding carboxylic acids is 1. The van der Waals surface area contributed by atoms with Crippen LogP contribution in [0.4, 0.5) is 0 Å². The van der Waals surface area contributed by atoms with Crippen molar-refractivity contribution in [3.05, 3.63) is 15.6 Å². The Kier molecular flexibility index (Phi) is 4.93. The number of aryl methyl sites for hydroxylation is 2. The first-order chi connectivity index (χ1) is 9.06. The second-order valence-electron chi connectivity index (χ2n) is 5.43. The average molecular weight is 281 g/mol. The molecule has 5 heteroatoms. The molecule has 106 valence electrons. The second-order valence-corrected chi connectivity index (χ2v) is 6.63. The minimum atomic E-state index is 0.0217. The van der Waals surface area contributed by atoms with Gasteiger partial charge >= 0.3 is 0 Å². The van der Waals surface area contributed by atoms with Gasteiger partial charge in [0.15, 0.2) is 0 Å². The summed E-state index contributed by atoms with van der Waals surface area (Å²) in [5.74, 6) is 0.877. The van der Waals surface area contributed by atoms with Crippen molar-refractivity contribution in [2.75, 3.05) is 26.2 Å². The quantitative estimate of drug-likeness (QED) is 0.920. The lowest BCUT2D eigenvalue weighted by atomic mass is 9.99. The van der Waals surface area contributed by atoms with Crippen molar-refractivity contribution < 1.29 is 4.79 Å². The van der Waals surface area contributed by atoms with Gasteiger partial charge in [0.05, 0.1) is 10.7 Å². The first-order valence-corrected chi connectivity index (χ1v) is 7.82. The van der Waals surface area contributed by atoms with Gasteiger partial charge in [-0.3, -0.25) is 4.79 Å². The lowest BCUT2D eigenvalue weighted by Gasteiger charge is -2.30. The van der Waals surface area contributed by atoms with Crippen LogP contribution < -0.4 is 5.32 Å². The van der Waals surface area contributed by atoms with Gasteiger partial charge in [-0.25, -0.2) is 4.98 Å². The zero-order valence-corrected chi connectivity index (χ0v) is 12.8. The van der Waals surface area contributed by atoms with Crippen LogP contribution in [0.2, 0.25) is 0 Å². The minimum absolute atomic E-state index is 0.0217. The summed E-state index contributed by atoms with van der Waals surface area (Å²) in [5, 5.41) is 3.95. The minimum Gasteiger partial charge on any atom is -0.350 e. The van der Waals surface area contributed by atoms with Gasteiger partial charge in [0, 0.05) is 13.1 Å². The monoisotopic (exact) mass is 281 g/mol. The number of thiazole rings is 1. The van der Waals surface area contributed by atoms with Gasteiger partial charge < -0.3 is 10.2 Å². The van der Waals surface area contributed by atoms with Crippen molar-refractivity contribution in [1.29, 1.82) is 0 Å². The largest absolute Gasteiger partial charge is 0.350 e. The average Bonchev–Trinajstić information content (AvgIpc) is 2.71. The van der Waals surface area contributed by atoms with Crippen LogP contribution in [0.5, 0.6) is 0 Å². The number of piperidine rings is 1. The van der Waals surface area contributed by atoms with Gasteiger partial charge in [-0.15, -0.1) is 11.3 Å². The van der Waals surface area contributed by atoms with Gasteiger partial charge in [-0.1, -0.05) is 6.92 Å². The van der Waals surface area contributed by atoms with Gasteiger partial charge in [-0.05, 0) is 45.7 Å². The fourth-order valence-corrected chi connectivity index (χ4v) is 3.27. The third-order valence-corrected chi connectivity index (χ3v) is 4.77. The van der Waals surface area contributed by atoms with Gasteiger partial charge in [0.1, 0.15) is 4.88 Å². The maximum Gasteiger partial charge on any atom is 0.263 e. The summed E-state index contributed by atoms with van der Waals surface area (Å²) >= 11 is 1.47. The highest BCUT2D eigenvalue weighted by molar-refractivity contribution is 7.13. The number of rotatable bonds is 4. The SMILES string of the molecule is Cc1nc(C)c(C(=O)NCCN2CCC(C)CC2)s1. The van der Waals surface area contributed by atoms with E-state index < -0.39 is 0 Å². The molecule has 1 aromatic rings. The van der Waals surface area contributed by atoms with E-state index in [1.54, 1.807) is 0 Å². The summed E-state index contributed by atoms with van der Waals surface area (Å²) < 4.78 is 0. The van der Waals surface area contributed by atoms with Crippen LogP contribution in [-0.2, 0) is 0 Å². The van der Waals surface area contributed by atoms with Crippen LogP contribution in [-0.4, -0.2) is 42.0 Å². The number of amides is 1. The third kappa shape index (κ3) is 4.01. The number of hydrogen-bond acceptors (Lipinski definition) is 4. The van der Waals surface area contributed by atoms with Crippen molar-refractivity contribution in [2.24, 2.45) is 5.92 Å². The molecule has 1 amide bonds. The fraction of sp³-hybridized carbons (Fsp3) is 0.714. The van der Waals surface area contributed by atoms with Crippen LogP contribution in [0.3, 0.4) is 0 Å². The van der Waals surface area contributed by atoms with E-state index in [4.69, 9.17) is 0 Å². The number of nitrogens with zero attached hydrogens (tertiary/aromatic N) is 2. The Morgan fingerprint density at radius 2 is 2.11 bits per heavy atom. The maximum absolute atomic E-state index is 12.0. The molecule has 0 spiro atoms. The molecule has 4 nitrogen and oxygen atoms in total. The van der Waals surface area contributed by atoms with Gasteiger partial charge in [0.25, 0.3) is 5.91 Å². The molecule has 1 fully saturated rings. The molecule has 0 aromatic carbocycles. The number of hydrogen-bond donors (Lipinski definition) is 1. The normalized spacial score (nSPS) is 17.6. The van der Waals surface area contributed by atoms with E-state index in [0.29, 0.717) is 0 Å². The highest BCUT2D eigenvalue weighted by atomic mass is 32.1. The van der Waals surface area contributed by atoms with Crippen LogP contribution in [0, 0.1) is 19.8 Å². The van der Waals surface area contributed by atoms with Crippen LogP contribution in [0.1, 0.15) is 40.1 Å². The summed E-state index contributed by atoms with van der Waals surface area (Å²) in [4.78, 5) is 19.5. The molecule has 1 aliphatic rings. The molecular weight excluding hydrogens is 258 g/mol. The van der Waals surface area contributed by atoms with Gasteiger partial charge in [-0.2, -0.15) is 0 Å². The topological polar surface area (TPSA) is 45.2 Å². The van der Waals surface area contributed by atoms with Crippen LogP contribution in [0.25, 0.3) is 0 Å². The molecule has 1 saturated heterocycles. The Hall–Kier alpha value is -0.940. The summed E-state index contributed by atoms with van der Waals surface area (Å²) in [7, 11) is 0. The van der Waals surface area contributed by atoms with Gasteiger partial charge in [0.2, 0.25) is 0 Å². The van der Waals surface area contributed by atoms with Crippen molar-refractivity contribution in [1.82, 2.24) is 15.2 Å². The number of aromatic nitrogens is 1. The third-order valence-electron chi connectivity index (χ3n) is 3.70. The standard InChI is InChI=1S/C14H23N3OS/c1-10-4-7-17(8-5-10)9-6-15-14(18)13-11(2)16-12(3)19-13/h10H,4-9H2,1-3H3,(H,15,18). The highest BCUT2D eigenvalue weighted by Crippen LogP contribution is 2.17. The molecule has 0 radical (unpaired) electrons. The molecule has 1 aromatic heterocycles. The molecule has 0 unspecified atom stereocenters. The number of nitrogens with one attached hydrogen (secondary N) is 1. The molecule has 19 heavy (non-hydrogen) atoms. The molecule has 0 bridgehead atoms. The lowest BCUT2D eigenvalue weighted by molar-refractivity contribution is 0.0947. The Morgan fingerprint density at radius 3 is 2.68 bits per heavy atom. The molecule has 0 aliphatic carbocycles. The van der Waals surface area contributed by atoms with Crippen molar-refractivity contribution in [2.45, 2.75) is 33.6 Å². The summed E-state index contributed by atoms with van der Waals surface area (Å²) in [5.41, 5.74) is 0.840. The Labute approximate surface area is 119 Å². The summed E-state index contributed by atoms with van der Waals surface area (Å²) in [6, 6.07) is 0. The van der Waals surface area contributed by atoms with E-state index in [0.717, 1.165) is 47.7 Å². The first kappa shape index (κ1) is 14.5. The van der Waals surface area contributed by atoms with E-state index in [9.17, 15) is 4.79 Å². The maximum atomic E-state index is 12.0. The van der Waals surface area contributed by atoms with E-state index in [1.165, 1.54) is 24.2 Å². The predicted molar refractivity (Wildman–Crippen MR) is 78.8 cm³/mol. The Bertz CT molecular complexity index is 436. The molecular formula is C14H23N3OS. The molecule has 1 N–H and O–H groups in total. The zero-order chi connectivity index (χ0) is 13.8. The summed E-state index contributed by atoms with van der Waals surface area (Å²) in [6.07, 6.45) is 2.56. The fourth-order valence-electron chi connectivity index (χ4n) is 2.44. The molecule has 2 heterocycles. The van der Waals surface area contributed by atoms with Crippen molar-refractivity contribution in [3.63, 3.8) is 0 Å². The Morgan fingerprint density at radius 1 is 1.42 bits per heavy atom. The predicted octanol–water partition coefficient (Wildman–Crippen LogP) is 2.22. The van der Waals surface area contributed by atoms with Crippen LogP contribution in [0.15, 0.2) is 0 Å². The summed E-state index contributed by atoms with van der Waals surface area (Å²) in [6.45, 7) is 10.1. The van der Waals surface area contributed by atoms with Crippen molar-refractivity contribution >= 4 is 17.2 Å². The number of carbonyl (C=O) groups is 1. The molecule has 0 saturated carbocycles. The first-order valence-electron chi connectivity index (χ1n) is 7.01. The smallest absolute Gasteiger partial charge is 0.263 e. The molecule has 1 aliphatic heterocycles. The second kappa shape index (κ2) is 6.48. The van der Waals surface area contributed by atoms with E-state index in [-0.39, 0.29) is 5.91 Å². The van der Waals surface area contributed by atoms with Crippen LogP contribution >= 0.6 is 11.3 Å².